The van der Waals surface area contributed by atoms with Gasteiger partial charge in [-0.25, -0.2) is 0 Å². The van der Waals surface area contributed by atoms with Crippen LogP contribution in [0, 0.1) is 0 Å². The van der Waals surface area contributed by atoms with Gasteiger partial charge >= 0.3 is 0 Å². The van der Waals surface area contributed by atoms with Gasteiger partial charge in [-0.15, -0.1) is 0 Å². The Hall–Kier alpha value is -1.54. The van der Waals surface area contributed by atoms with E-state index in [-0.39, 0.29) is 6.10 Å². The summed E-state index contributed by atoms with van der Waals surface area (Å²) in [6, 6.07) is 8.27. The van der Waals surface area contributed by atoms with E-state index < -0.39 is 0 Å². The van der Waals surface area contributed by atoms with Crippen LogP contribution in [0.1, 0.15) is 31.7 Å². The fourth-order valence-corrected chi connectivity index (χ4v) is 1.78. The van der Waals surface area contributed by atoms with Gasteiger partial charge in [-0.05, 0) is 50.3 Å². The largest absolute Gasteiger partial charge is 0.497 e. The van der Waals surface area contributed by atoms with Crippen LogP contribution in [0.3, 0.4) is 0 Å². The molecule has 0 aliphatic rings. The minimum absolute atomic E-state index is 0.361. The maximum Gasteiger partial charge on any atom is 0.118 e. The molecular weight excluding hydrogens is 236 g/mol. The number of unbranched alkanes of at least 4 members (excludes halogenated alkanes) is 2. The first-order chi connectivity index (χ1) is 9.22. The number of allylic oxidation sites excluding steroid dienone is 3. The molecule has 0 amide bonds. The summed E-state index contributed by atoms with van der Waals surface area (Å²) in [4.78, 5) is 0. The van der Waals surface area contributed by atoms with Gasteiger partial charge in [0.15, 0.2) is 0 Å². The SMILES string of the molecule is COc1ccc(CCCC/C=C/C=C/[C@H](C)O)cc1. The first-order valence-electron chi connectivity index (χ1n) is 6.86. The Morgan fingerprint density at radius 3 is 2.53 bits per heavy atom. The van der Waals surface area contributed by atoms with Crippen molar-refractivity contribution in [2.24, 2.45) is 0 Å². The van der Waals surface area contributed by atoms with Crippen LogP contribution >= 0.6 is 0 Å². The highest BCUT2D eigenvalue weighted by atomic mass is 16.5. The first-order valence-corrected chi connectivity index (χ1v) is 6.86. The summed E-state index contributed by atoms with van der Waals surface area (Å²) in [7, 11) is 1.69. The number of hydrogen-bond donors (Lipinski definition) is 1. The summed E-state index contributed by atoms with van der Waals surface area (Å²) in [5.41, 5.74) is 1.36. The molecule has 1 N–H and O–H groups in total. The molecule has 0 fully saturated rings. The second-order valence-electron chi connectivity index (χ2n) is 4.65. The summed E-state index contributed by atoms with van der Waals surface area (Å²) in [6.45, 7) is 1.75. The summed E-state index contributed by atoms with van der Waals surface area (Å²) < 4.78 is 5.13. The molecule has 0 saturated carbocycles. The van der Waals surface area contributed by atoms with Gasteiger partial charge < -0.3 is 9.84 Å². The Morgan fingerprint density at radius 2 is 1.89 bits per heavy atom. The van der Waals surface area contributed by atoms with Crippen LogP contribution in [-0.2, 0) is 6.42 Å². The molecule has 1 aromatic rings. The van der Waals surface area contributed by atoms with Crippen molar-refractivity contribution >= 4 is 0 Å². The summed E-state index contributed by atoms with van der Waals surface area (Å²) in [5, 5.41) is 9.03. The molecule has 0 radical (unpaired) electrons. The number of benzene rings is 1. The highest BCUT2D eigenvalue weighted by Crippen LogP contribution is 2.13. The lowest BCUT2D eigenvalue weighted by atomic mass is 10.1. The Bertz CT molecular complexity index is 388. The number of ether oxygens (including phenoxy) is 1. The van der Waals surface area contributed by atoms with E-state index in [1.807, 2.05) is 24.3 Å². The number of aliphatic hydroxyl groups is 1. The van der Waals surface area contributed by atoms with Crippen LogP contribution in [0.2, 0.25) is 0 Å². The molecule has 0 aliphatic heterocycles. The molecule has 0 aliphatic carbocycles. The lowest BCUT2D eigenvalue weighted by Gasteiger charge is -2.02. The topological polar surface area (TPSA) is 29.5 Å². The van der Waals surface area contributed by atoms with Gasteiger partial charge in [0.05, 0.1) is 13.2 Å². The van der Waals surface area contributed by atoms with E-state index in [1.165, 1.54) is 18.4 Å². The van der Waals surface area contributed by atoms with Gasteiger partial charge in [-0.3, -0.25) is 0 Å². The third kappa shape index (κ3) is 7.47. The fourth-order valence-electron chi connectivity index (χ4n) is 1.78. The van der Waals surface area contributed by atoms with Crippen molar-refractivity contribution < 1.29 is 9.84 Å². The van der Waals surface area contributed by atoms with Crippen LogP contribution in [0.15, 0.2) is 48.6 Å². The maximum absolute atomic E-state index is 9.03. The number of hydrogen-bond acceptors (Lipinski definition) is 2. The predicted octanol–water partition coefficient (Wildman–Crippen LogP) is 3.90. The van der Waals surface area contributed by atoms with E-state index in [1.54, 1.807) is 20.1 Å². The van der Waals surface area contributed by atoms with Crippen LogP contribution in [0.5, 0.6) is 5.75 Å². The molecule has 2 nitrogen and oxygen atoms in total. The zero-order valence-electron chi connectivity index (χ0n) is 11.9. The Kier molecular flexibility index (Phi) is 7.68. The van der Waals surface area contributed by atoms with Crippen molar-refractivity contribution in [3.63, 3.8) is 0 Å². The zero-order valence-corrected chi connectivity index (χ0v) is 11.9. The molecule has 1 atom stereocenters. The van der Waals surface area contributed by atoms with E-state index in [0.717, 1.165) is 18.6 Å². The molecule has 0 spiro atoms. The number of aliphatic hydroxyl groups excluding tert-OH is 1. The Balaban J connectivity index is 2.13. The lowest BCUT2D eigenvalue weighted by molar-refractivity contribution is 0.244. The number of methoxy groups -OCH3 is 1. The van der Waals surface area contributed by atoms with E-state index in [9.17, 15) is 0 Å². The lowest BCUT2D eigenvalue weighted by Crippen LogP contribution is -1.90. The summed E-state index contributed by atoms with van der Waals surface area (Å²) in [6.07, 6.45) is 12.0. The molecule has 2 heteroatoms. The molecule has 19 heavy (non-hydrogen) atoms. The molecular formula is C17H24O2. The minimum Gasteiger partial charge on any atom is -0.497 e. The van der Waals surface area contributed by atoms with Crippen molar-refractivity contribution in [2.75, 3.05) is 7.11 Å². The highest BCUT2D eigenvalue weighted by molar-refractivity contribution is 5.27. The number of rotatable bonds is 8. The zero-order chi connectivity index (χ0) is 13.9. The first kappa shape index (κ1) is 15.5. The smallest absolute Gasteiger partial charge is 0.118 e. The normalized spacial score (nSPS) is 13.2. The monoisotopic (exact) mass is 260 g/mol. The Labute approximate surface area is 116 Å². The molecule has 0 aromatic heterocycles. The van der Waals surface area contributed by atoms with Crippen molar-refractivity contribution in [3.8, 4) is 5.75 Å². The van der Waals surface area contributed by atoms with Crippen molar-refractivity contribution in [3.05, 3.63) is 54.1 Å². The summed E-state index contributed by atoms with van der Waals surface area (Å²) in [5.74, 6) is 0.914. The molecule has 0 heterocycles. The number of aryl methyl sites for hydroxylation is 1. The molecule has 104 valence electrons. The molecule has 0 bridgehead atoms. The fraction of sp³-hybridized carbons (Fsp3) is 0.412. The average Bonchev–Trinajstić information content (AvgIpc) is 2.42. The molecule has 1 aromatic carbocycles. The van der Waals surface area contributed by atoms with Crippen molar-refractivity contribution in [1.29, 1.82) is 0 Å². The van der Waals surface area contributed by atoms with Gasteiger partial charge in [0.25, 0.3) is 0 Å². The maximum atomic E-state index is 9.03. The van der Waals surface area contributed by atoms with Crippen LogP contribution < -0.4 is 4.74 Å². The average molecular weight is 260 g/mol. The third-order valence-electron chi connectivity index (χ3n) is 2.88. The molecule has 0 saturated heterocycles. The van der Waals surface area contributed by atoms with Gasteiger partial charge in [-0.2, -0.15) is 0 Å². The second kappa shape index (κ2) is 9.40. The van der Waals surface area contributed by atoms with E-state index in [4.69, 9.17) is 9.84 Å². The predicted molar refractivity (Wildman–Crippen MR) is 80.5 cm³/mol. The van der Waals surface area contributed by atoms with Gasteiger partial charge in [-0.1, -0.05) is 36.4 Å². The quantitative estimate of drug-likeness (QED) is 0.567. The van der Waals surface area contributed by atoms with E-state index in [2.05, 4.69) is 18.2 Å². The minimum atomic E-state index is -0.361. The van der Waals surface area contributed by atoms with Gasteiger partial charge in [0, 0.05) is 0 Å². The van der Waals surface area contributed by atoms with Crippen LogP contribution in [0.4, 0.5) is 0 Å². The van der Waals surface area contributed by atoms with Crippen molar-refractivity contribution in [2.45, 2.75) is 38.7 Å². The molecule has 0 unspecified atom stereocenters. The van der Waals surface area contributed by atoms with E-state index >= 15 is 0 Å². The van der Waals surface area contributed by atoms with E-state index in [0.29, 0.717) is 0 Å². The van der Waals surface area contributed by atoms with Gasteiger partial charge in [0.2, 0.25) is 0 Å². The van der Waals surface area contributed by atoms with Gasteiger partial charge in [0.1, 0.15) is 5.75 Å². The highest BCUT2D eigenvalue weighted by Gasteiger charge is 1.94. The van der Waals surface area contributed by atoms with Crippen LogP contribution in [-0.4, -0.2) is 18.3 Å². The Morgan fingerprint density at radius 1 is 1.16 bits per heavy atom. The standard InChI is InChI=1S/C17H24O2/c1-15(18)9-7-5-3-4-6-8-10-16-11-13-17(19-2)14-12-16/h3,5,7,9,11-15,18H,4,6,8,10H2,1-2H3/b5-3+,9-7+/t15-/m0/s1. The molecule has 1 rings (SSSR count). The summed E-state index contributed by atoms with van der Waals surface area (Å²) >= 11 is 0. The van der Waals surface area contributed by atoms with Crippen molar-refractivity contribution in [1.82, 2.24) is 0 Å². The second-order valence-corrected chi connectivity index (χ2v) is 4.65. The third-order valence-corrected chi connectivity index (χ3v) is 2.88. The van der Waals surface area contributed by atoms with Crippen LogP contribution in [0.25, 0.3) is 0 Å².